The molecule has 1 amide bonds. The minimum absolute atomic E-state index is 0.0279. The van der Waals surface area contributed by atoms with Crippen LogP contribution in [0.4, 0.5) is 5.69 Å². The highest BCUT2D eigenvalue weighted by molar-refractivity contribution is 5.96. The van der Waals surface area contributed by atoms with E-state index in [0.29, 0.717) is 30.7 Å². The van der Waals surface area contributed by atoms with E-state index in [2.05, 4.69) is 5.32 Å². The van der Waals surface area contributed by atoms with E-state index in [0.717, 1.165) is 5.56 Å². The van der Waals surface area contributed by atoms with Gasteiger partial charge in [-0.05, 0) is 45.7 Å². The van der Waals surface area contributed by atoms with Gasteiger partial charge >= 0.3 is 0 Å². The Morgan fingerprint density at radius 1 is 1.36 bits per heavy atom. The molecule has 0 fully saturated rings. The highest BCUT2D eigenvalue weighted by Gasteiger charge is 2.30. The van der Waals surface area contributed by atoms with Gasteiger partial charge in [0, 0.05) is 17.5 Å². The van der Waals surface area contributed by atoms with Crippen LogP contribution in [0.25, 0.3) is 0 Å². The molecular weight excluding hydrogens is 284 g/mol. The maximum atomic E-state index is 11.5. The van der Waals surface area contributed by atoms with Gasteiger partial charge in [-0.25, -0.2) is 0 Å². The molecule has 22 heavy (non-hydrogen) atoms. The number of carbonyl (C=O) groups is 1. The van der Waals surface area contributed by atoms with Gasteiger partial charge in [-0.2, -0.15) is 0 Å². The second-order valence-electron chi connectivity index (χ2n) is 6.48. The molecule has 1 atom stereocenters. The summed E-state index contributed by atoms with van der Waals surface area (Å²) in [4.78, 5) is 11.5. The Kier molecular flexibility index (Phi) is 4.63. The summed E-state index contributed by atoms with van der Waals surface area (Å²) in [6.45, 7) is 7.61. The number of amides is 1. The number of anilines is 1. The number of nitrogens with one attached hydrogen (secondary N) is 1. The first kappa shape index (κ1) is 16.6. The van der Waals surface area contributed by atoms with Crippen molar-refractivity contribution in [3.63, 3.8) is 0 Å². The SMILES string of the molecule is CCC(Oc1ccc(O)c2c1CCC(=O)N2)N(O)C(C)(C)C. The quantitative estimate of drug-likeness (QED) is 0.452. The van der Waals surface area contributed by atoms with Crippen LogP contribution in [0.15, 0.2) is 12.1 Å². The van der Waals surface area contributed by atoms with Crippen molar-refractivity contribution >= 4 is 11.6 Å². The number of carbonyl (C=O) groups excluding carboxylic acids is 1. The van der Waals surface area contributed by atoms with Crippen molar-refractivity contribution in [2.45, 2.75) is 58.7 Å². The first-order valence-corrected chi connectivity index (χ1v) is 7.53. The summed E-state index contributed by atoms with van der Waals surface area (Å²) in [5, 5.41) is 24.1. The standard InChI is InChI=1S/C16H24N2O4/c1-5-14(18(21)16(2,3)4)22-12-8-7-11(19)15-10(12)6-9-13(20)17-15/h7-8,14,19,21H,5-6,9H2,1-4H3,(H,17,20). The van der Waals surface area contributed by atoms with Crippen LogP contribution in [0, 0.1) is 0 Å². The molecule has 0 spiro atoms. The lowest BCUT2D eigenvalue weighted by Gasteiger charge is -2.36. The Bertz CT molecular complexity index is 566. The van der Waals surface area contributed by atoms with Gasteiger partial charge < -0.3 is 20.4 Å². The van der Waals surface area contributed by atoms with Gasteiger partial charge in [-0.15, -0.1) is 5.06 Å². The number of ether oxygens (including phenoxy) is 1. The second-order valence-corrected chi connectivity index (χ2v) is 6.48. The largest absolute Gasteiger partial charge is 0.506 e. The topological polar surface area (TPSA) is 82.0 Å². The third-order valence-corrected chi connectivity index (χ3v) is 3.69. The lowest BCUT2D eigenvalue weighted by molar-refractivity contribution is -0.235. The number of rotatable bonds is 4. The number of hydrogen-bond donors (Lipinski definition) is 3. The second kappa shape index (κ2) is 6.14. The lowest BCUT2D eigenvalue weighted by atomic mass is 10.0. The molecule has 0 aromatic heterocycles. The van der Waals surface area contributed by atoms with E-state index in [1.807, 2.05) is 27.7 Å². The van der Waals surface area contributed by atoms with Gasteiger partial charge in [-0.1, -0.05) is 6.92 Å². The number of benzene rings is 1. The number of hydrogen-bond acceptors (Lipinski definition) is 5. The Hall–Kier alpha value is -1.79. The average Bonchev–Trinajstić information content (AvgIpc) is 2.45. The normalized spacial score (nSPS) is 16.2. The molecule has 3 N–H and O–H groups in total. The Morgan fingerprint density at radius 3 is 2.64 bits per heavy atom. The molecule has 6 heteroatoms. The summed E-state index contributed by atoms with van der Waals surface area (Å²) in [6.07, 6.45) is 0.940. The molecule has 2 rings (SSSR count). The summed E-state index contributed by atoms with van der Waals surface area (Å²) < 4.78 is 5.95. The fourth-order valence-electron chi connectivity index (χ4n) is 2.44. The molecule has 1 heterocycles. The zero-order valence-electron chi connectivity index (χ0n) is 13.5. The number of nitrogens with zero attached hydrogens (tertiary/aromatic N) is 1. The van der Waals surface area contributed by atoms with E-state index in [4.69, 9.17) is 4.74 Å². The fraction of sp³-hybridized carbons (Fsp3) is 0.562. The summed E-state index contributed by atoms with van der Waals surface area (Å²) >= 11 is 0. The lowest BCUT2D eigenvalue weighted by Crippen LogP contribution is -2.48. The van der Waals surface area contributed by atoms with Crippen LogP contribution in [0.5, 0.6) is 11.5 Å². The monoisotopic (exact) mass is 308 g/mol. The van der Waals surface area contributed by atoms with Crippen LogP contribution in [0.1, 0.15) is 46.1 Å². The van der Waals surface area contributed by atoms with Gasteiger partial charge in [0.05, 0.1) is 5.69 Å². The Labute approximate surface area is 130 Å². The molecule has 1 aromatic rings. The zero-order chi connectivity index (χ0) is 16.5. The minimum Gasteiger partial charge on any atom is -0.506 e. The minimum atomic E-state index is -0.508. The number of hydroxylamine groups is 2. The number of aromatic hydroxyl groups is 1. The van der Waals surface area contributed by atoms with Crippen molar-refractivity contribution in [3.8, 4) is 11.5 Å². The summed E-state index contributed by atoms with van der Waals surface area (Å²) in [7, 11) is 0. The Morgan fingerprint density at radius 2 is 2.05 bits per heavy atom. The van der Waals surface area contributed by atoms with Crippen molar-refractivity contribution in [1.82, 2.24) is 5.06 Å². The van der Waals surface area contributed by atoms with Gasteiger partial charge in [0.25, 0.3) is 0 Å². The highest BCUT2D eigenvalue weighted by atomic mass is 16.6. The van der Waals surface area contributed by atoms with Crippen molar-refractivity contribution < 1.29 is 19.8 Å². The molecule has 0 aliphatic carbocycles. The van der Waals surface area contributed by atoms with Gasteiger partial charge in [0.2, 0.25) is 5.91 Å². The first-order valence-electron chi connectivity index (χ1n) is 7.53. The fourth-order valence-corrected chi connectivity index (χ4v) is 2.44. The first-order chi connectivity index (χ1) is 10.2. The van der Waals surface area contributed by atoms with E-state index < -0.39 is 11.8 Å². The summed E-state index contributed by atoms with van der Waals surface area (Å²) in [6, 6.07) is 3.16. The molecule has 122 valence electrons. The van der Waals surface area contributed by atoms with Crippen LogP contribution in [0.2, 0.25) is 0 Å². The van der Waals surface area contributed by atoms with Gasteiger partial charge in [-0.3, -0.25) is 4.79 Å². The zero-order valence-corrected chi connectivity index (χ0v) is 13.5. The average molecular weight is 308 g/mol. The predicted molar refractivity (Wildman–Crippen MR) is 83.1 cm³/mol. The van der Waals surface area contributed by atoms with Crippen molar-refractivity contribution in [3.05, 3.63) is 17.7 Å². The highest BCUT2D eigenvalue weighted by Crippen LogP contribution is 2.38. The van der Waals surface area contributed by atoms with Crippen LogP contribution >= 0.6 is 0 Å². The van der Waals surface area contributed by atoms with E-state index in [-0.39, 0.29) is 11.7 Å². The van der Waals surface area contributed by atoms with E-state index in [1.54, 1.807) is 6.07 Å². The summed E-state index contributed by atoms with van der Waals surface area (Å²) in [5.41, 5.74) is 0.718. The number of phenols is 1. The third kappa shape index (κ3) is 3.34. The van der Waals surface area contributed by atoms with E-state index in [1.165, 1.54) is 11.1 Å². The molecule has 1 aliphatic rings. The Balaban J connectivity index is 2.30. The molecule has 0 saturated heterocycles. The van der Waals surface area contributed by atoms with Gasteiger partial charge in [0.1, 0.15) is 11.5 Å². The van der Waals surface area contributed by atoms with Crippen LogP contribution < -0.4 is 10.1 Å². The maximum Gasteiger partial charge on any atom is 0.224 e. The van der Waals surface area contributed by atoms with Crippen LogP contribution in [-0.4, -0.2) is 33.1 Å². The summed E-state index contributed by atoms with van der Waals surface area (Å²) in [5.74, 6) is 0.480. The molecular formula is C16H24N2O4. The van der Waals surface area contributed by atoms with Crippen molar-refractivity contribution in [1.29, 1.82) is 0 Å². The molecule has 0 saturated carbocycles. The molecule has 1 aliphatic heterocycles. The van der Waals surface area contributed by atoms with Crippen molar-refractivity contribution in [2.75, 3.05) is 5.32 Å². The smallest absolute Gasteiger partial charge is 0.224 e. The van der Waals surface area contributed by atoms with Crippen molar-refractivity contribution in [2.24, 2.45) is 0 Å². The molecule has 6 nitrogen and oxygen atoms in total. The molecule has 1 aromatic carbocycles. The molecule has 0 bridgehead atoms. The predicted octanol–water partition coefficient (Wildman–Crippen LogP) is 2.88. The van der Waals surface area contributed by atoms with E-state index in [9.17, 15) is 15.1 Å². The van der Waals surface area contributed by atoms with Gasteiger partial charge in [0.15, 0.2) is 6.23 Å². The van der Waals surface area contributed by atoms with E-state index >= 15 is 0 Å². The van der Waals surface area contributed by atoms with Crippen LogP contribution in [-0.2, 0) is 11.2 Å². The molecule has 1 unspecified atom stereocenters. The maximum absolute atomic E-state index is 11.5. The molecule has 0 radical (unpaired) electrons. The number of phenolic OH excluding ortho intramolecular Hbond substituents is 1. The van der Waals surface area contributed by atoms with Crippen LogP contribution in [0.3, 0.4) is 0 Å². The number of fused-ring (bicyclic) bond motifs is 1. The third-order valence-electron chi connectivity index (χ3n) is 3.69.